The first-order valence-corrected chi connectivity index (χ1v) is 6.32. The van der Waals surface area contributed by atoms with Crippen LogP contribution in [-0.2, 0) is 9.53 Å². The van der Waals surface area contributed by atoms with Gasteiger partial charge in [-0.3, -0.25) is 4.79 Å². The Morgan fingerprint density at radius 1 is 1.55 bits per heavy atom. The van der Waals surface area contributed by atoms with Gasteiger partial charge in [-0.2, -0.15) is 0 Å². The molecule has 108 valence electrons. The van der Waals surface area contributed by atoms with E-state index in [9.17, 15) is 9.59 Å². The van der Waals surface area contributed by atoms with Crippen molar-refractivity contribution in [2.75, 3.05) is 13.2 Å². The fourth-order valence-electron chi connectivity index (χ4n) is 1.50. The van der Waals surface area contributed by atoms with Crippen molar-refractivity contribution < 1.29 is 19.4 Å². The van der Waals surface area contributed by atoms with E-state index in [1.807, 2.05) is 0 Å². The Balaban J connectivity index is 2.77. The maximum atomic E-state index is 12.0. The third kappa shape index (κ3) is 4.36. The lowest BCUT2D eigenvalue weighted by molar-refractivity contribution is -0.140. The van der Waals surface area contributed by atoms with Crippen LogP contribution in [0.15, 0.2) is 30.9 Å². The standard InChI is InChI=1S/C14H16ClNO4/c1-3-7-20-8-11(14(18)19)16-13(17)10-6-4-5-9(2)12(10)15/h3-6,11H,1,7-8H2,2H3,(H,16,17)(H,18,19). The van der Waals surface area contributed by atoms with Crippen molar-refractivity contribution in [3.8, 4) is 0 Å². The lowest BCUT2D eigenvalue weighted by Crippen LogP contribution is -2.44. The highest BCUT2D eigenvalue weighted by atomic mass is 35.5. The van der Waals surface area contributed by atoms with Gasteiger partial charge in [0, 0.05) is 0 Å². The van der Waals surface area contributed by atoms with E-state index in [4.69, 9.17) is 21.4 Å². The number of halogens is 1. The molecule has 0 aliphatic rings. The number of nitrogens with one attached hydrogen (secondary N) is 1. The molecule has 0 aliphatic heterocycles. The number of carbonyl (C=O) groups excluding carboxylic acids is 1. The molecule has 0 radical (unpaired) electrons. The van der Waals surface area contributed by atoms with Gasteiger partial charge in [0.25, 0.3) is 5.91 Å². The van der Waals surface area contributed by atoms with Crippen LogP contribution in [0.5, 0.6) is 0 Å². The number of aryl methyl sites for hydroxylation is 1. The molecule has 0 spiro atoms. The van der Waals surface area contributed by atoms with Crippen LogP contribution in [0.25, 0.3) is 0 Å². The molecule has 1 rings (SSSR count). The van der Waals surface area contributed by atoms with E-state index in [-0.39, 0.29) is 18.8 Å². The number of amides is 1. The molecular weight excluding hydrogens is 282 g/mol. The third-order valence-corrected chi connectivity index (χ3v) is 3.06. The number of hydrogen-bond donors (Lipinski definition) is 2. The second kappa shape index (κ2) is 7.67. The quantitative estimate of drug-likeness (QED) is 0.596. The Bertz CT molecular complexity index is 516. The molecule has 1 amide bonds. The SMILES string of the molecule is C=CCOCC(NC(=O)c1cccc(C)c1Cl)C(=O)O. The van der Waals surface area contributed by atoms with Gasteiger partial charge in [0.05, 0.1) is 23.8 Å². The van der Waals surface area contributed by atoms with Gasteiger partial charge >= 0.3 is 5.97 Å². The molecule has 0 aliphatic carbocycles. The zero-order valence-electron chi connectivity index (χ0n) is 11.1. The Hall–Kier alpha value is -1.85. The summed E-state index contributed by atoms with van der Waals surface area (Å²) in [5.74, 6) is -1.72. The maximum absolute atomic E-state index is 12.0. The maximum Gasteiger partial charge on any atom is 0.328 e. The summed E-state index contributed by atoms with van der Waals surface area (Å²) in [5, 5.41) is 11.7. The summed E-state index contributed by atoms with van der Waals surface area (Å²) in [4.78, 5) is 23.1. The van der Waals surface area contributed by atoms with Crippen molar-refractivity contribution in [1.82, 2.24) is 5.32 Å². The van der Waals surface area contributed by atoms with Crippen molar-refractivity contribution in [2.45, 2.75) is 13.0 Å². The van der Waals surface area contributed by atoms with Gasteiger partial charge in [0.2, 0.25) is 0 Å². The summed E-state index contributed by atoms with van der Waals surface area (Å²) in [6.45, 7) is 5.29. The number of rotatable bonds is 7. The first-order chi connectivity index (χ1) is 9.47. The van der Waals surface area contributed by atoms with Crippen molar-refractivity contribution in [2.24, 2.45) is 0 Å². The minimum atomic E-state index is -1.17. The predicted molar refractivity (Wildman–Crippen MR) is 76.1 cm³/mol. The number of carboxylic acid groups (broad SMARTS) is 1. The van der Waals surface area contributed by atoms with Gasteiger partial charge in [0.15, 0.2) is 6.04 Å². The lowest BCUT2D eigenvalue weighted by Gasteiger charge is -2.15. The van der Waals surface area contributed by atoms with Gasteiger partial charge in [-0.1, -0.05) is 29.8 Å². The molecular formula is C14H16ClNO4. The van der Waals surface area contributed by atoms with Crippen LogP contribution in [0.3, 0.4) is 0 Å². The first-order valence-electron chi connectivity index (χ1n) is 5.94. The second-order valence-corrected chi connectivity index (χ2v) is 4.50. The smallest absolute Gasteiger partial charge is 0.328 e. The molecule has 0 heterocycles. The number of aliphatic carboxylic acids is 1. The van der Waals surface area contributed by atoms with Crippen LogP contribution in [0.2, 0.25) is 5.02 Å². The van der Waals surface area contributed by atoms with Crippen LogP contribution in [0.4, 0.5) is 0 Å². The Kier molecular flexibility index (Phi) is 6.21. The number of carboxylic acids is 1. The highest BCUT2D eigenvalue weighted by Crippen LogP contribution is 2.20. The van der Waals surface area contributed by atoms with Gasteiger partial charge in [-0.15, -0.1) is 6.58 Å². The molecule has 20 heavy (non-hydrogen) atoms. The summed E-state index contributed by atoms with van der Waals surface area (Å²) in [7, 11) is 0. The zero-order chi connectivity index (χ0) is 15.1. The van der Waals surface area contributed by atoms with Crippen molar-refractivity contribution in [3.63, 3.8) is 0 Å². The lowest BCUT2D eigenvalue weighted by atomic mass is 10.1. The fourth-order valence-corrected chi connectivity index (χ4v) is 1.71. The van der Waals surface area contributed by atoms with E-state index in [0.717, 1.165) is 5.56 Å². The average molecular weight is 298 g/mol. The Labute approximate surface area is 122 Å². The molecule has 1 aromatic rings. The molecule has 1 aromatic carbocycles. The number of hydrogen-bond acceptors (Lipinski definition) is 3. The third-order valence-electron chi connectivity index (χ3n) is 2.56. The summed E-state index contributed by atoms with van der Waals surface area (Å²) in [6, 6.07) is 3.84. The van der Waals surface area contributed by atoms with E-state index in [1.165, 1.54) is 12.1 Å². The number of benzene rings is 1. The van der Waals surface area contributed by atoms with Gasteiger partial charge in [-0.25, -0.2) is 4.79 Å². The monoisotopic (exact) mass is 297 g/mol. The summed E-state index contributed by atoms with van der Waals surface area (Å²) >= 11 is 6.03. The summed E-state index contributed by atoms with van der Waals surface area (Å²) in [6.07, 6.45) is 1.50. The molecule has 0 aromatic heterocycles. The fraction of sp³-hybridized carbons (Fsp3) is 0.286. The zero-order valence-corrected chi connectivity index (χ0v) is 11.8. The van der Waals surface area contributed by atoms with Crippen molar-refractivity contribution in [1.29, 1.82) is 0 Å². The summed E-state index contributed by atoms with van der Waals surface area (Å²) < 4.78 is 5.05. The first kappa shape index (κ1) is 16.2. The molecule has 2 N–H and O–H groups in total. The van der Waals surface area contributed by atoms with E-state index >= 15 is 0 Å². The number of carbonyl (C=O) groups is 2. The largest absolute Gasteiger partial charge is 0.480 e. The highest BCUT2D eigenvalue weighted by molar-refractivity contribution is 6.34. The molecule has 6 heteroatoms. The van der Waals surface area contributed by atoms with Crippen molar-refractivity contribution >= 4 is 23.5 Å². The molecule has 1 atom stereocenters. The van der Waals surface area contributed by atoms with Crippen LogP contribution in [0, 0.1) is 6.92 Å². The van der Waals surface area contributed by atoms with Gasteiger partial charge < -0.3 is 15.2 Å². The molecule has 0 saturated heterocycles. The molecule has 0 fully saturated rings. The van der Waals surface area contributed by atoms with E-state index in [1.54, 1.807) is 19.1 Å². The minimum absolute atomic E-state index is 0.142. The average Bonchev–Trinajstić information content (AvgIpc) is 2.40. The van der Waals surface area contributed by atoms with Gasteiger partial charge in [-0.05, 0) is 18.6 Å². The minimum Gasteiger partial charge on any atom is -0.480 e. The van der Waals surface area contributed by atoms with E-state index < -0.39 is 17.9 Å². The molecule has 0 saturated carbocycles. The van der Waals surface area contributed by atoms with Crippen molar-refractivity contribution in [3.05, 3.63) is 47.0 Å². The van der Waals surface area contributed by atoms with Crippen LogP contribution in [-0.4, -0.2) is 36.2 Å². The second-order valence-electron chi connectivity index (χ2n) is 4.13. The summed E-state index contributed by atoms with van der Waals surface area (Å²) in [5.41, 5.74) is 0.982. The topological polar surface area (TPSA) is 75.6 Å². The molecule has 5 nitrogen and oxygen atoms in total. The van der Waals surface area contributed by atoms with Gasteiger partial charge in [0.1, 0.15) is 0 Å². The molecule has 1 unspecified atom stereocenters. The van der Waals surface area contributed by atoms with E-state index in [2.05, 4.69) is 11.9 Å². The van der Waals surface area contributed by atoms with Crippen LogP contribution in [0.1, 0.15) is 15.9 Å². The highest BCUT2D eigenvalue weighted by Gasteiger charge is 2.22. The Morgan fingerprint density at radius 2 is 2.25 bits per heavy atom. The predicted octanol–water partition coefficient (Wildman–Crippen LogP) is 2.03. The van der Waals surface area contributed by atoms with Crippen LogP contribution < -0.4 is 5.32 Å². The Morgan fingerprint density at radius 3 is 2.85 bits per heavy atom. The normalized spacial score (nSPS) is 11.7. The molecule has 0 bridgehead atoms. The number of ether oxygens (including phenoxy) is 1. The van der Waals surface area contributed by atoms with E-state index in [0.29, 0.717) is 5.02 Å². The van der Waals surface area contributed by atoms with Crippen LogP contribution >= 0.6 is 11.6 Å².